The predicted octanol–water partition coefficient (Wildman–Crippen LogP) is 3.43. The van der Waals surface area contributed by atoms with Gasteiger partial charge in [0.1, 0.15) is 5.75 Å². The van der Waals surface area contributed by atoms with Crippen molar-refractivity contribution in [1.82, 2.24) is 10.3 Å². The molecule has 1 aromatic heterocycles. The first kappa shape index (κ1) is 21.3. The topological polar surface area (TPSA) is 97.4 Å². The molecule has 0 aliphatic rings. The average molecular weight is 426 g/mol. The van der Waals surface area contributed by atoms with Crippen LogP contribution in [0.25, 0.3) is 0 Å². The van der Waals surface area contributed by atoms with Gasteiger partial charge in [-0.25, -0.2) is 13.2 Å². The number of benzene rings is 2. The average Bonchev–Trinajstić information content (AvgIpc) is 2.78. The second-order valence-corrected chi connectivity index (χ2v) is 8.72. The number of carbonyl (C=O) groups excluding carboxylic acids is 1. The van der Waals surface area contributed by atoms with Crippen molar-refractivity contribution >= 4 is 21.6 Å². The molecule has 0 aliphatic carbocycles. The number of carbonyl (C=O) groups is 1. The van der Waals surface area contributed by atoms with Gasteiger partial charge in [-0.1, -0.05) is 18.2 Å². The third-order valence-electron chi connectivity index (χ3n) is 4.47. The molecule has 0 atom stereocenters. The molecule has 2 N–H and O–H groups in total. The fraction of sp³-hybridized carbons (Fsp3) is 0.182. The third-order valence-corrected chi connectivity index (χ3v) is 6.20. The number of nitrogens with one attached hydrogen (secondary N) is 2. The van der Waals surface area contributed by atoms with Crippen molar-refractivity contribution in [3.05, 3.63) is 84.2 Å². The minimum absolute atomic E-state index is 0.00228. The van der Waals surface area contributed by atoms with Crippen molar-refractivity contribution in [3.8, 4) is 5.75 Å². The minimum atomic E-state index is -3.43. The lowest BCUT2D eigenvalue weighted by Gasteiger charge is -2.09. The monoisotopic (exact) mass is 425 g/mol. The van der Waals surface area contributed by atoms with E-state index in [1.54, 1.807) is 37.7 Å². The molecule has 0 saturated carbocycles. The molecule has 0 fully saturated rings. The normalized spacial score (nSPS) is 11.0. The van der Waals surface area contributed by atoms with Crippen LogP contribution in [0.2, 0.25) is 0 Å². The molecule has 2 aromatic carbocycles. The number of methoxy groups -OCH3 is 1. The quantitative estimate of drug-likeness (QED) is 0.576. The lowest BCUT2D eigenvalue weighted by molar-refractivity contribution is 0.251. The number of amides is 2. The summed E-state index contributed by atoms with van der Waals surface area (Å²) in [5, 5.41) is 5.40. The predicted molar refractivity (Wildman–Crippen MR) is 115 cm³/mol. The second-order valence-electron chi connectivity index (χ2n) is 6.61. The van der Waals surface area contributed by atoms with E-state index in [1.165, 1.54) is 12.1 Å². The Kier molecular flexibility index (Phi) is 7.03. The number of aromatic nitrogens is 1. The highest BCUT2D eigenvalue weighted by Crippen LogP contribution is 2.18. The summed E-state index contributed by atoms with van der Waals surface area (Å²) in [7, 11) is -1.85. The Morgan fingerprint density at radius 3 is 2.37 bits per heavy atom. The van der Waals surface area contributed by atoms with Crippen molar-refractivity contribution < 1.29 is 17.9 Å². The number of hydrogen-bond acceptors (Lipinski definition) is 5. The standard InChI is InChI=1S/C22H23N3O4S/c1-29-20-8-4-17(5-9-20)12-14-30(27,28)21-10-6-19(7-11-21)25-22(26)24-16-18-3-2-13-23-15-18/h2-11,13,15H,12,14,16H2,1H3,(H2,24,25,26). The van der Waals surface area contributed by atoms with Crippen LogP contribution in [-0.4, -0.2) is 32.3 Å². The van der Waals surface area contributed by atoms with Gasteiger partial charge in [0.05, 0.1) is 17.8 Å². The Labute approximate surface area is 176 Å². The number of aryl methyl sites for hydroxylation is 1. The summed E-state index contributed by atoms with van der Waals surface area (Å²) in [6.07, 6.45) is 3.74. The van der Waals surface area contributed by atoms with E-state index < -0.39 is 9.84 Å². The summed E-state index contributed by atoms with van der Waals surface area (Å²) in [6, 6.07) is 16.7. The number of hydrogen-bond donors (Lipinski definition) is 2. The van der Waals surface area contributed by atoms with E-state index in [0.717, 1.165) is 16.9 Å². The van der Waals surface area contributed by atoms with Crippen LogP contribution in [0.5, 0.6) is 5.75 Å². The highest BCUT2D eigenvalue weighted by atomic mass is 32.2. The van der Waals surface area contributed by atoms with Crippen LogP contribution in [0.3, 0.4) is 0 Å². The Hall–Kier alpha value is -3.39. The summed E-state index contributed by atoms with van der Waals surface area (Å²) in [6.45, 7) is 0.345. The number of anilines is 1. The molecule has 1 heterocycles. The van der Waals surface area contributed by atoms with Gasteiger partial charge < -0.3 is 15.4 Å². The molecular formula is C22H23N3O4S. The van der Waals surface area contributed by atoms with Crippen molar-refractivity contribution in [2.24, 2.45) is 0 Å². The molecule has 0 aliphatic heterocycles. The minimum Gasteiger partial charge on any atom is -0.497 e. The van der Waals surface area contributed by atoms with Gasteiger partial charge >= 0.3 is 6.03 Å². The maximum atomic E-state index is 12.6. The number of rotatable bonds is 8. The molecule has 0 bridgehead atoms. The zero-order chi connectivity index (χ0) is 21.4. The fourth-order valence-corrected chi connectivity index (χ4v) is 4.06. The molecule has 30 heavy (non-hydrogen) atoms. The Morgan fingerprint density at radius 1 is 1.00 bits per heavy atom. The van der Waals surface area contributed by atoms with Gasteiger partial charge in [0.2, 0.25) is 0 Å². The molecule has 8 heteroatoms. The van der Waals surface area contributed by atoms with Crippen LogP contribution >= 0.6 is 0 Å². The van der Waals surface area contributed by atoms with E-state index in [4.69, 9.17) is 4.74 Å². The zero-order valence-corrected chi connectivity index (χ0v) is 17.4. The Balaban J connectivity index is 1.53. The van der Waals surface area contributed by atoms with Gasteiger partial charge in [0, 0.05) is 24.6 Å². The van der Waals surface area contributed by atoms with E-state index in [9.17, 15) is 13.2 Å². The maximum absolute atomic E-state index is 12.6. The SMILES string of the molecule is COc1ccc(CCS(=O)(=O)c2ccc(NC(=O)NCc3cccnc3)cc2)cc1. The lowest BCUT2D eigenvalue weighted by Crippen LogP contribution is -2.28. The maximum Gasteiger partial charge on any atom is 0.319 e. The van der Waals surface area contributed by atoms with Crippen molar-refractivity contribution in [3.63, 3.8) is 0 Å². The number of pyridine rings is 1. The smallest absolute Gasteiger partial charge is 0.319 e. The van der Waals surface area contributed by atoms with Crippen molar-refractivity contribution in [2.45, 2.75) is 17.9 Å². The highest BCUT2D eigenvalue weighted by molar-refractivity contribution is 7.91. The van der Waals surface area contributed by atoms with Crippen LogP contribution in [-0.2, 0) is 22.8 Å². The summed E-state index contributed by atoms with van der Waals surface area (Å²) in [4.78, 5) is 16.2. The van der Waals surface area contributed by atoms with E-state index in [0.29, 0.717) is 18.7 Å². The summed E-state index contributed by atoms with van der Waals surface area (Å²) < 4.78 is 30.3. The van der Waals surface area contributed by atoms with Gasteiger partial charge in [0.25, 0.3) is 0 Å². The number of sulfone groups is 1. The molecule has 3 aromatic rings. The van der Waals surface area contributed by atoms with Crippen LogP contribution < -0.4 is 15.4 Å². The van der Waals surface area contributed by atoms with Crippen molar-refractivity contribution in [2.75, 3.05) is 18.2 Å². The molecule has 7 nitrogen and oxygen atoms in total. The van der Waals surface area contributed by atoms with E-state index in [1.807, 2.05) is 30.3 Å². The zero-order valence-electron chi connectivity index (χ0n) is 16.5. The molecule has 0 saturated heterocycles. The summed E-state index contributed by atoms with van der Waals surface area (Å²) in [5.41, 5.74) is 2.31. The van der Waals surface area contributed by atoms with Crippen LogP contribution in [0, 0.1) is 0 Å². The van der Waals surface area contributed by atoms with Gasteiger partial charge in [0.15, 0.2) is 9.84 Å². The number of urea groups is 1. The third kappa shape index (κ3) is 6.05. The van der Waals surface area contributed by atoms with E-state index >= 15 is 0 Å². The number of nitrogens with zero attached hydrogens (tertiary/aromatic N) is 1. The van der Waals surface area contributed by atoms with Crippen LogP contribution in [0.4, 0.5) is 10.5 Å². The van der Waals surface area contributed by atoms with Gasteiger partial charge in [-0.15, -0.1) is 0 Å². The molecule has 0 radical (unpaired) electrons. The first-order valence-corrected chi connectivity index (χ1v) is 11.0. The Bertz CT molecular complexity index is 1070. The molecule has 0 spiro atoms. The molecule has 2 amide bonds. The second kappa shape index (κ2) is 9.89. The van der Waals surface area contributed by atoms with Gasteiger partial charge in [-0.05, 0) is 60.0 Å². The van der Waals surface area contributed by atoms with E-state index in [2.05, 4.69) is 15.6 Å². The molecule has 3 rings (SSSR count). The van der Waals surface area contributed by atoms with E-state index in [-0.39, 0.29) is 16.7 Å². The van der Waals surface area contributed by atoms with Crippen LogP contribution in [0.1, 0.15) is 11.1 Å². The summed E-state index contributed by atoms with van der Waals surface area (Å²) >= 11 is 0. The largest absolute Gasteiger partial charge is 0.497 e. The highest BCUT2D eigenvalue weighted by Gasteiger charge is 2.15. The summed E-state index contributed by atoms with van der Waals surface area (Å²) in [5.74, 6) is 0.728. The van der Waals surface area contributed by atoms with Crippen molar-refractivity contribution in [1.29, 1.82) is 0 Å². The lowest BCUT2D eigenvalue weighted by atomic mass is 10.2. The molecular weight excluding hydrogens is 402 g/mol. The molecule has 156 valence electrons. The molecule has 0 unspecified atom stereocenters. The van der Waals surface area contributed by atoms with Crippen LogP contribution in [0.15, 0.2) is 78.0 Å². The fourth-order valence-electron chi connectivity index (χ4n) is 2.77. The van der Waals surface area contributed by atoms with Gasteiger partial charge in [-0.2, -0.15) is 0 Å². The first-order chi connectivity index (χ1) is 14.5. The van der Waals surface area contributed by atoms with Gasteiger partial charge in [-0.3, -0.25) is 4.98 Å². The number of ether oxygens (including phenoxy) is 1. The first-order valence-electron chi connectivity index (χ1n) is 9.36. The Morgan fingerprint density at radius 2 is 1.73 bits per heavy atom.